The van der Waals surface area contributed by atoms with E-state index >= 15 is 0 Å². The SMILES string of the molecule is CC(C)C1=[N+](C(C)C)[C@H](C(C)C)CN1c1cc(C(F)(F)F)cc(C(F)(F)F)c1. The summed E-state index contributed by atoms with van der Waals surface area (Å²) in [5.41, 5.74) is -2.64. The zero-order valence-electron chi connectivity index (χ0n) is 16.9. The molecule has 0 amide bonds. The Morgan fingerprint density at radius 1 is 0.857 bits per heavy atom. The summed E-state index contributed by atoms with van der Waals surface area (Å²) in [5, 5.41) is 0. The number of rotatable bonds is 4. The summed E-state index contributed by atoms with van der Waals surface area (Å²) in [4.78, 5) is 1.62. The molecular weight excluding hydrogens is 382 g/mol. The van der Waals surface area contributed by atoms with Crippen molar-refractivity contribution in [2.45, 2.75) is 66.0 Å². The number of nitrogens with zero attached hydrogens (tertiary/aromatic N) is 2. The Kier molecular flexibility index (Phi) is 6.12. The van der Waals surface area contributed by atoms with Gasteiger partial charge in [0, 0.05) is 0 Å². The molecule has 0 unspecified atom stereocenters. The Morgan fingerprint density at radius 2 is 1.32 bits per heavy atom. The van der Waals surface area contributed by atoms with E-state index in [1.807, 2.05) is 41.5 Å². The molecule has 2 nitrogen and oxygen atoms in total. The molecule has 0 radical (unpaired) electrons. The van der Waals surface area contributed by atoms with Crippen molar-refractivity contribution in [3.05, 3.63) is 29.3 Å². The smallest absolute Gasteiger partial charge is 0.256 e. The van der Waals surface area contributed by atoms with Gasteiger partial charge in [-0.25, -0.2) is 4.90 Å². The molecule has 158 valence electrons. The Hall–Kier alpha value is -1.73. The molecule has 0 fully saturated rings. The molecule has 1 aliphatic heterocycles. The number of alkyl halides is 6. The van der Waals surface area contributed by atoms with E-state index in [1.165, 1.54) is 0 Å². The van der Waals surface area contributed by atoms with E-state index in [1.54, 1.807) is 4.90 Å². The summed E-state index contributed by atoms with van der Waals surface area (Å²) in [6.07, 6.45) is -9.72. The fourth-order valence-corrected chi connectivity index (χ4v) is 3.80. The predicted octanol–water partition coefficient (Wildman–Crippen LogP) is 6.04. The minimum Gasteiger partial charge on any atom is -0.256 e. The summed E-state index contributed by atoms with van der Waals surface area (Å²) < 4.78 is 81.8. The standard InChI is InChI=1S/C20H27F6N2/c1-11(2)17-10-27(18(12(3)4)28(17)13(5)6)16-8-14(19(21,22)23)7-15(9-16)20(24,25)26/h7-9,11-13,17H,10H2,1-6H3/q+1/t17-/m0/s1. The van der Waals surface area contributed by atoms with Crippen LogP contribution in [-0.4, -0.2) is 29.0 Å². The van der Waals surface area contributed by atoms with Gasteiger partial charge < -0.3 is 0 Å². The molecule has 1 aliphatic rings. The maximum Gasteiger partial charge on any atom is 0.416 e. The molecule has 1 atom stereocenters. The molecule has 8 heteroatoms. The summed E-state index contributed by atoms with van der Waals surface area (Å²) in [6.45, 7) is 12.1. The van der Waals surface area contributed by atoms with E-state index in [-0.39, 0.29) is 35.7 Å². The Morgan fingerprint density at radius 3 is 1.64 bits per heavy atom. The molecule has 0 saturated carbocycles. The van der Waals surface area contributed by atoms with Gasteiger partial charge in [-0.15, -0.1) is 0 Å². The van der Waals surface area contributed by atoms with Gasteiger partial charge in [0.1, 0.15) is 18.3 Å². The van der Waals surface area contributed by atoms with Crippen molar-refractivity contribution >= 4 is 11.5 Å². The first-order valence-electron chi connectivity index (χ1n) is 9.36. The van der Waals surface area contributed by atoms with Gasteiger partial charge >= 0.3 is 12.4 Å². The Bertz CT molecular complexity index is 712. The highest BCUT2D eigenvalue weighted by atomic mass is 19.4. The molecule has 28 heavy (non-hydrogen) atoms. The first-order valence-corrected chi connectivity index (χ1v) is 9.36. The van der Waals surface area contributed by atoms with Crippen molar-refractivity contribution in [1.29, 1.82) is 0 Å². The highest BCUT2D eigenvalue weighted by Crippen LogP contribution is 2.39. The van der Waals surface area contributed by atoms with Crippen molar-refractivity contribution in [1.82, 2.24) is 0 Å². The van der Waals surface area contributed by atoms with Crippen LogP contribution in [0.1, 0.15) is 52.7 Å². The summed E-state index contributed by atoms with van der Waals surface area (Å²) in [5.74, 6) is 0.880. The van der Waals surface area contributed by atoms with Crippen molar-refractivity contribution in [3.63, 3.8) is 0 Å². The van der Waals surface area contributed by atoms with E-state index in [4.69, 9.17) is 0 Å². The fourth-order valence-electron chi connectivity index (χ4n) is 3.80. The van der Waals surface area contributed by atoms with Crippen LogP contribution < -0.4 is 4.90 Å². The predicted molar refractivity (Wildman–Crippen MR) is 97.7 cm³/mol. The maximum atomic E-state index is 13.3. The van der Waals surface area contributed by atoms with Crippen LogP contribution in [0, 0.1) is 11.8 Å². The van der Waals surface area contributed by atoms with E-state index in [9.17, 15) is 26.3 Å². The topological polar surface area (TPSA) is 6.25 Å². The van der Waals surface area contributed by atoms with Crippen LogP contribution in [0.5, 0.6) is 0 Å². The average molecular weight is 409 g/mol. The van der Waals surface area contributed by atoms with E-state index < -0.39 is 23.5 Å². The normalized spacial score (nSPS) is 19.0. The third-order valence-corrected chi connectivity index (χ3v) is 4.99. The monoisotopic (exact) mass is 409 g/mol. The number of anilines is 1. The van der Waals surface area contributed by atoms with Gasteiger partial charge in [0.25, 0.3) is 5.84 Å². The van der Waals surface area contributed by atoms with Gasteiger partial charge in [-0.2, -0.15) is 26.3 Å². The van der Waals surface area contributed by atoms with Crippen LogP contribution in [-0.2, 0) is 12.4 Å². The van der Waals surface area contributed by atoms with Gasteiger partial charge in [0.15, 0.2) is 0 Å². The molecule has 0 spiro atoms. The average Bonchev–Trinajstić information content (AvgIpc) is 2.94. The maximum absolute atomic E-state index is 13.3. The molecule has 0 saturated heterocycles. The van der Waals surface area contributed by atoms with Gasteiger partial charge in [-0.05, 0) is 38.0 Å². The van der Waals surface area contributed by atoms with Gasteiger partial charge in [-0.3, -0.25) is 4.58 Å². The van der Waals surface area contributed by atoms with E-state index in [0.29, 0.717) is 6.54 Å². The van der Waals surface area contributed by atoms with Crippen LogP contribution in [0.3, 0.4) is 0 Å². The van der Waals surface area contributed by atoms with Crippen LogP contribution in [0.15, 0.2) is 18.2 Å². The summed E-state index contributed by atoms with van der Waals surface area (Å²) in [6, 6.07) is 1.89. The molecule has 1 aromatic carbocycles. The second-order valence-electron chi connectivity index (χ2n) is 8.20. The van der Waals surface area contributed by atoms with E-state index in [2.05, 4.69) is 4.58 Å². The lowest BCUT2D eigenvalue weighted by Gasteiger charge is -2.20. The molecule has 1 heterocycles. The molecule has 2 rings (SSSR count). The van der Waals surface area contributed by atoms with Crippen LogP contribution in [0.25, 0.3) is 0 Å². The first-order chi connectivity index (χ1) is 12.6. The fraction of sp³-hybridized carbons (Fsp3) is 0.650. The lowest BCUT2D eigenvalue weighted by Crippen LogP contribution is -2.37. The molecular formula is C20H27F6N2+. The largest absolute Gasteiger partial charge is 0.416 e. The van der Waals surface area contributed by atoms with Gasteiger partial charge in [0.05, 0.1) is 23.1 Å². The quantitative estimate of drug-likeness (QED) is 0.434. The number of amidine groups is 1. The van der Waals surface area contributed by atoms with Crippen molar-refractivity contribution in [2.24, 2.45) is 11.8 Å². The zero-order valence-corrected chi connectivity index (χ0v) is 16.9. The molecule has 1 aromatic rings. The molecule has 0 aromatic heterocycles. The second kappa shape index (κ2) is 7.59. The number of hydrogen-bond donors (Lipinski definition) is 0. The molecule has 0 aliphatic carbocycles. The van der Waals surface area contributed by atoms with Crippen LogP contribution in [0.4, 0.5) is 32.0 Å². The lowest BCUT2D eigenvalue weighted by atomic mass is 10.0. The first kappa shape index (κ1) is 22.6. The van der Waals surface area contributed by atoms with Crippen LogP contribution in [0.2, 0.25) is 0 Å². The number of halogens is 6. The molecule has 0 bridgehead atoms. The van der Waals surface area contributed by atoms with Gasteiger partial charge in [-0.1, -0.05) is 27.7 Å². The van der Waals surface area contributed by atoms with Gasteiger partial charge in [0.2, 0.25) is 0 Å². The van der Waals surface area contributed by atoms with Crippen LogP contribution >= 0.6 is 0 Å². The minimum atomic E-state index is -4.86. The third-order valence-electron chi connectivity index (χ3n) is 4.99. The Labute approximate surface area is 161 Å². The highest BCUT2D eigenvalue weighted by Gasteiger charge is 2.45. The number of hydrogen-bond acceptors (Lipinski definition) is 1. The van der Waals surface area contributed by atoms with E-state index in [0.717, 1.165) is 18.0 Å². The lowest BCUT2D eigenvalue weighted by molar-refractivity contribution is -0.593. The minimum absolute atomic E-state index is 0.00118. The Balaban J connectivity index is 2.71. The zero-order chi connectivity index (χ0) is 21.6. The molecule has 0 N–H and O–H groups in total. The van der Waals surface area contributed by atoms with Crippen molar-refractivity contribution in [2.75, 3.05) is 11.4 Å². The summed E-state index contributed by atoms with van der Waals surface area (Å²) in [7, 11) is 0. The summed E-state index contributed by atoms with van der Waals surface area (Å²) >= 11 is 0. The third kappa shape index (κ3) is 4.46. The number of benzene rings is 1. The van der Waals surface area contributed by atoms with Crippen molar-refractivity contribution < 1.29 is 30.9 Å². The van der Waals surface area contributed by atoms with Crippen molar-refractivity contribution in [3.8, 4) is 0 Å². The second-order valence-corrected chi connectivity index (χ2v) is 8.20. The highest BCUT2D eigenvalue weighted by molar-refractivity contribution is 5.97.